The first-order chi connectivity index (χ1) is 13.9. The zero-order valence-electron chi connectivity index (χ0n) is 16.1. The Morgan fingerprint density at radius 2 is 1.72 bits per heavy atom. The van der Waals surface area contributed by atoms with Gasteiger partial charge in [-0.05, 0) is 49.1 Å². The van der Waals surface area contributed by atoms with Crippen LogP contribution in [0.15, 0.2) is 52.1 Å². The van der Waals surface area contributed by atoms with E-state index in [0.717, 1.165) is 15.7 Å². The van der Waals surface area contributed by atoms with E-state index in [1.165, 1.54) is 6.92 Å². The SMILES string of the molecule is CC(=O)c1ccc2c(c1)CCN(C(=O)Cn1c(=O)[nH]c3ccccc3c1=O)CC2. The summed E-state index contributed by atoms with van der Waals surface area (Å²) in [5, 5.41) is 0.375. The lowest BCUT2D eigenvalue weighted by molar-refractivity contribution is -0.131. The summed E-state index contributed by atoms with van der Waals surface area (Å²) < 4.78 is 0.955. The van der Waals surface area contributed by atoms with Gasteiger partial charge in [0.05, 0.1) is 10.9 Å². The lowest BCUT2D eigenvalue weighted by atomic mass is 9.99. The van der Waals surface area contributed by atoms with Crippen LogP contribution in [0, 0.1) is 0 Å². The molecule has 0 fully saturated rings. The van der Waals surface area contributed by atoms with Crippen LogP contribution >= 0.6 is 0 Å². The third-order valence-electron chi connectivity index (χ3n) is 5.45. The smallest absolute Gasteiger partial charge is 0.329 e. The maximum absolute atomic E-state index is 12.8. The lowest BCUT2D eigenvalue weighted by Gasteiger charge is -2.20. The van der Waals surface area contributed by atoms with E-state index in [1.807, 2.05) is 18.2 Å². The first-order valence-electron chi connectivity index (χ1n) is 9.56. The number of fused-ring (bicyclic) bond motifs is 2. The van der Waals surface area contributed by atoms with E-state index in [-0.39, 0.29) is 18.2 Å². The largest absolute Gasteiger partial charge is 0.340 e. The molecule has 0 radical (unpaired) electrons. The van der Waals surface area contributed by atoms with Crippen LogP contribution < -0.4 is 11.2 Å². The summed E-state index contributed by atoms with van der Waals surface area (Å²) in [4.78, 5) is 53.8. The Labute approximate surface area is 166 Å². The summed E-state index contributed by atoms with van der Waals surface area (Å²) >= 11 is 0. The summed E-state index contributed by atoms with van der Waals surface area (Å²) in [5.41, 5.74) is 2.24. The molecule has 0 aliphatic carbocycles. The quantitative estimate of drug-likeness (QED) is 0.685. The van der Waals surface area contributed by atoms with Gasteiger partial charge in [0.2, 0.25) is 5.91 Å². The molecule has 29 heavy (non-hydrogen) atoms. The Bertz CT molecular complexity index is 1240. The van der Waals surface area contributed by atoms with Gasteiger partial charge in [-0.1, -0.05) is 24.3 Å². The molecule has 1 aromatic heterocycles. The zero-order valence-corrected chi connectivity index (χ0v) is 16.1. The fourth-order valence-corrected chi connectivity index (χ4v) is 3.77. The van der Waals surface area contributed by atoms with E-state index >= 15 is 0 Å². The predicted molar refractivity (Wildman–Crippen MR) is 109 cm³/mol. The molecule has 0 atom stereocenters. The van der Waals surface area contributed by atoms with E-state index in [1.54, 1.807) is 29.2 Å². The highest BCUT2D eigenvalue weighted by molar-refractivity contribution is 5.94. The maximum atomic E-state index is 12.8. The number of benzene rings is 2. The Kier molecular flexibility index (Phi) is 4.88. The number of nitrogens with one attached hydrogen (secondary N) is 1. The first-order valence-corrected chi connectivity index (χ1v) is 9.56. The van der Waals surface area contributed by atoms with Crippen molar-refractivity contribution in [3.05, 3.63) is 80.0 Å². The molecule has 3 aromatic rings. The minimum atomic E-state index is -0.591. The second-order valence-corrected chi connectivity index (χ2v) is 7.29. The summed E-state index contributed by atoms with van der Waals surface area (Å²) in [5.74, 6) is -0.257. The van der Waals surface area contributed by atoms with Gasteiger partial charge in [-0.25, -0.2) is 4.79 Å². The lowest BCUT2D eigenvalue weighted by Crippen LogP contribution is -2.43. The normalized spacial score (nSPS) is 13.8. The zero-order chi connectivity index (χ0) is 20.5. The number of carbonyl (C=O) groups excluding carboxylic acids is 2. The average molecular weight is 391 g/mol. The molecular weight excluding hydrogens is 370 g/mol. The van der Waals surface area contributed by atoms with Crippen LogP contribution in [0.3, 0.4) is 0 Å². The van der Waals surface area contributed by atoms with E-state index in [2.05, 4.69) is 4.98 Å². The van der Waals surface area contributed by atoms with Crippen molar-refractivity contribution in [3.63, 3.8) is 0 Å². The molecule has 7 nitrogen and oxygen atoms in total. The highest BCUT2D eigenvalue weighted by Gasteiger charge is 2.21. The Morgan fingerprint density at radius 1 is 1.00 bits per heavy atom. The molecule has 148 valence electrons. The minimum absolute atomic E-state index is 0.0138. The van der Waals surface area contributed by atoms with Gasteiger partial charge in [0.1, 0.15) is 6.54 Å². The molecule has 1 amide bonds. The minimum Gasteiger partial charge on any atom is -0.340 e. The van der Waals surface area contributed by atoms with E-state index in [4.69, 9.17) is 0 Å². The molecule has 0 bridgehead atoms. The number of aromatic nitrogens is 2. The van der Waals surface area contributed by atoms with Crippen molar-refractivity contribution in [2.45, 2.75) is 26.3 Å². The molecule has 0 saturated carbocycles. The summed E-state index contributed by atoms with van der Waals surface area (Å²) in [7, 11) is 0. The van der Waals surface area contributed by atoms with Gasteiger partial charge in [-0.3, -0.25) is 19.0 Å². The second-order valence-electron chi connectivity index (χ2n) is 7.29. The Balaban J connectivity index is 1.56. The molecule has 1 aliphatic rings. The number of nitrogens with zero attached hydrogens (tertiary/aromatic N) is 2. The molecule has 2 heterocycles. The van der Waals surface area contributed by atoms with Gasteiger partial charge in [-0.15, -0.1) is 0 Å². The van der Waals surface area contributed by atoms with E-state index < -0.39 is 11.2 Å². The molecule has 0 unspecified atom stereocenters. The van der Waals surface area contributed by atoms with Crippen molar-refractivity contribution in [1.29, 1.82) is 0 Å². The molecule has 2 aromatic carbocycles. The molecule has 0 spiro atoms. The van der Waals surface area contributed by atoms with Crippen LogP contribution in [0.25, 0.3) is 10.9 Å². The van der Waals surface area contributed by atoms with Crippen molar-refractivity contribution in [2.24, 2.45) is 0 Å². The van der Waals surface area contributed by atoms with E-state index in [9.17, 15) is 19.2 Å². The number of H-pyrrole nitrogens is 1. The molecule has 1 aliphatic heterocycles. The highest BCUT2D eigenvalue weighted by Crippen LogP contribution is 2.18. The van der Waals surface area contributed by atoms with Crippen LogP contribution in [-0.2, 0) is 24.2 Å². The van der Waals surface area contributed by atoms with Crippen molar-refractivity contribution in [2.75, 3.05) is 13.1 Å². The first kappa shape index (κ1) is 18.9. The van der Waals surface area contributed by atoms with Gasteiger partial charge in [0.15, 0.2) is 5.78 Å². The topological polar surface area (TPSA) is 92.2 Å². The Hall–Kier alpha value is -3.48. The number of carbonyl (C=O) groups is 2. The van der Waals surface area contributed by atoms with Gasteiger partial charge in [0, 0.05) is 18.7 Å². The monoisotopic (exact) mass is 391 g/mol. The molecule has 1 N–H and O–H groups in total. The van der Waals surface area contributed by atoms with Gasteiger partial charge < -0.3 is 9.88 Å². The second kappa shape index (κ2) is 7.50. The van der Waals surface area contributed by atoms with Gasteiger partial charge in [0.25, 0.3) is 5.56 Å². The van der Waals surface area contributed by atoms with Crippen LogP contribution in [0.2, 0.25) is 0 Å². The van der Waals surface area contributed by atoms with Crippen molar-refractivity contribution >= 4 is 22.6 Å². The average Bonchev–Trinajstić information content (AvgIpc) is 2.93. The third kappa shape index (κ3) is 3.63. The fourth-order valence-electron chi connectivity index (χ4n) is 3.77. The van der Waals surface area contributed by atoms with Crippen LogP contribution in [-0.4, -0.2) is 39.2 Å². The number of rotatable bonds is 3. The molecule has 7 heteroatoms. The van der Waals surface area contributed by atoms with Gasteiger partial charge >= 0.3 is 5.69 Å². The van der Waals surface area contributed by atoms with Crippen molar-refractivity contribution < 1.29 is 9.59 Å². The maximum Gasteiger partial charge on any atom is 0.329 e. The number of para-hydroxylation sites is 1. The summed E-state index contributed by atoms with van der Waals surface area (Å²) in [6.07, 6.45) is 1.30. The predicted octanol–water partition coefficient (Wildman–Crippen LogP) is 1.52. The van der Waals surface area contributed by atoms with Crippen LogP contribution in [0.4, 0.5) is 0 Å². The highest BCUT2D eigenvalue weighted by atomic mass is 16.2. The number of amides is 1. The fraction of sp³-hybridized carbons (Fsp3) is 0.273. The summed E-state index contributed by atoms with van der Waals surface area (Å²) in [6.45, 7) is 2.22. The number of Topliss-reactive ketones (excluding diaryl/α,β-unsaturated/α-hetero) is 1. The third-order valence-corrected chi connectivity index (χ3v) is 5.45. The van der Waals surface area contributed by atoms with Crippen molar-refractivity contribution in [3.8, 4) is 0 Å². The van der Waals surface area contributed by atoms with E-state index in [0.29, 0.717) is 42.4 Å². The Morgan fingerprint density at radius 3 is 2.48 bits per heavy atom. The number of hydrogen-bond donors (Lipinski definition) is 1. The molecule has 4 rings (SSSR count). The molecular formula is C22H21N3O4. The van der Waals surface area contributed by atoms with Crippen LogP contribution in [0.5, 0.6) is 0 Å². The van der Waals surface area contributed by atoms with Gasteiger partial charge in [-0.2, -0.15) is 0 Å². The van der Waals surface area contributed by atoms with Crippen molar-refractivity contribution in [1.82, 2.24) is 14.5 Å². The standard InChI is InChI=1S/C22H21N3O4/c1-14(26)16-7-6-15-8-10-24(11-9-17(15)12-16)20(27)13-25-21(28)18-4-2-3-5-19(18)23-22(25)29/h2-7,12H,8-11,13H2,1H3,(H,23,29). The molecule has 0 saturated heterocycles. The summed E-state index contributed by atoms with van der Waals surface area (Å²) in [6, 6.07) is 12.4. The number of ketones is 1. The number of hydrogen-bond acceptors (Lipinski definition) is 4. The van der Waals surface area contributed by atoms with Crippen LogP contribution in [0.1, 0.15) is 28.4 Å². The number of aromatic amines is 1.